The van der Waals surface area contributed by atoms with Crippen molar-refractivity contribution in [2.75, 3.05) is 26.2 Å². The summed E-state index contributed by atoms with van der Waals surface area (Å²) in [6.07, 6.45) is 5.71. The van der Waals surface area contributed by atoms with Crippen LogP contribution in [0.2, 0.25) is 0 Å². The second-order valence-corrected chi connectivity index (χ2v) is 7.10. The van der Waals surface area contributed by atoms with Gasteiger partial charge in [0.2, 0.25) is 0 Å². The molecule has 0 aliphatic carbocycles. The monoisotopic (exact) mass is 302 g/mol. The topological polar surface area (TPSA) is 44.7 Å². The molecule has 2 saturated heterocycles. The number of phenolic OH excluding ortho intramolecular Hbond substituents is 1. The normalized spacial score (nSPS) is 28.5. The van der Waals surface area contributed by atoms with Crippen LogP contribution < -0.4 is 5.32 Å². The third-order valence-corrected chi connectivity index (χ3v) is 5.73. The van der Waals surface area contributed by atoms with Crippen LogP contribution in [-0.2, 0) is 17.7 Å². The van der Waals surface area contributed by atoms with Crippen molar-refractivity contribution in [1.29, 1.82) is 0 Å². The summed E-state index contributed by atoms with van der Waals surface area (Å²) in [6.45, 7) is 5.18. The first kappa shape index (κ1) is 14.5. The molecular weight excluding hydrogens is 276 g/mol. The van der Waals surface area contributed by atoms with Gasteiger partial charge in [-0.05, 0) is 68.5 Å². The number of aromatic hydroxyl groups is 1. The van der Waals surface area contributed by atoms with Crippen molar-refractivity contribution in [1.82, 2.24) is 10.2 Å². The number of rotatable bonds is 1. The zero-order valence-corrected chi connectivity index (χ0v) is 13.2. The summed E-state index contributed by atoms with van der Waals surface area (Å²) in [5, 5.41) is 13.2. The van der Waals surface area contributed by atoms with E-state index in [0.717, 1.165) is 58.5 Å². The molecule has 120 valence electrons. The molecule has 1 unspecified atom stereocenters. The van der Waals surface area contributed by atoms with Crippen molar-refractivity contribution >= 4 is 0 Å². The fraction of sp³-hybridized carbons (Fsp3) is 0.667. The largest absolute Gasteiger partial charge is 0.508 e. The van der Waals surface area contributed by atoms with E-state index in [0.29, 0.717) is 11.8 Å². The number of ether oxygens (including phenoxy) is 1. The first-order chi connectivity index (χ1) is 10.7. The average Bonchev–Trinajstić information content (AvgIpc) is 2.55. The Labute approximate surface area is 132 Å². The van der Waals surface area contributed by atoms with Crippen molar-refractivity contribution in [3.8, 4) is 5.75 Å². The summed E-state index contributed by atoms with van der Waals surface area (Å²) in [4.78, 5) is 2.62. The van der Waals surface area contributed by atoms with Gasteiger partial charge < -0.3 is 15.2 Å². The lowest BCUT2D eigenvalue weighted by Crippen LogP contribution is -2.53. The Morgan fingerprint density at radius 3 is 2.95 bits per heavy atom. The Hall–Kier alpha value is -1.10. The highest BCUT2D eigenvalue weighted by Gasteiger charge is 2.40. The molecule has 4 heteroatoms. The minimum Gasteiger partial charge on any atom is -0.508 e. The van der Waals surface area contributed by atoms with Crippen LogP contribution in [-0.4, -0.2) is 47.9 Å². The smallest absolute Gasteiger partial charge is 0.115 e. The highest BCUT2D eigenvalue weighted by molar-refractivity contribution is 5.36. The Balaban J connectivity index is 1.48. The SMILES string of the molecule is Oc1ccc2c(c1)CN(C1CCOC3(CCNCC3)C1)CC2. The van der Waals surface area contributed by atoms with E-state index in [4.69, 9.17) is 4.74 Å². The van der Waals surface area contributed by atoms with Gasteiger partial charge in [0.05, 0.1) is 5.60 Å². The highest BCUT2D eigenvalue weighted by atomic mass is 16.5. The highest BCUT2D eigenvalue weighted by Crippen LogP contribution is 2.36. The summed E-state index contributed by atoms with van der Waals surface area (Å²) >= 11 is 0. The quantitative estimate of drug-likeness (QED) is 0.833. The molecule has 1 aromatic rings. The summed E-state index contributed by atoms with van der Waals surface area (Å²) in [5.74, 6) is 0.391. The Kier molecular flexibility index (Phi) is 3.84. The molecule has 0 bridgehead atoms. The van der Waals surface area contributed by atoms with Gasteiger partial charge in [-0.2, -0.15) is 0 Å². The van der Waals surface area contributed by atoms with Gasteiger partial charge >= 0.3 is 0 Å². The lowest BCUT2D eigenvalue weighted by atomic mass is 9.82. The van der Waals surface area contributed by atoms with E-state index in [9.17, 15) is 5.11 Å². The number of piperidine rings is 1. The van der Waals surface area contributed by atoms with Gasteiger partial charge in [0.15, 0.2) is 0 Å². The maximum atomic E-state index is 9.74. The molecule has 3 heterocycles. The van der Waals surface area contributed by atoms with Crippen molar-refractivity contribution in [3.63, 3.8) is 0 Å². The van der Waals surface area contributed by atoms with E-state index < -0.39 is 0 Å². The molecular formula is C18H26N2O2. The van der Waals surface area contributed by atoms with Crippen molar-refractivity contribution < 1.29 is 9.84 Å². The fourth-order valence-corrected chi connectivity index (χ4v) is 4.42. The van der Waals surface area contributed by atoms with Gasteiger partial charge in [-0.15, -0.1) is 0 Å². The number of hydrogen-bond acceptors (Lipinski definition) is 4. The van der Waals surface area contributed by atoms with Crippen LogP contribution in [0.25, 0.3) is 0 Å². The maximum Gasteiger partial charge on any atom is 0.115 e. The first-order valence-corrected chi connectivity index (χ1v) is 8.64. The standard InChI is InChI=1S/C18H26N2O2/c21-17-2-1-14-3-9-20(13-15(14)11-17)16-4-10-22-18(12-16)5-7-19-8-6-18/h1-2,11,16,19,21H,3-10,12-13H2. The molecule has 2 N–H and O–H groups in total. The third-order valence-electron chi connectivity index (χ3n) is 5.73. The van der Waals surface area contributed by atoms with Crippen molar-refractivity contribution in [2.24, 2.45) is 0 Å². The number of fused-ring (bicyclic) bond motifs is 1. The number of hydrogen-bond donors (Lipinski definition) is 2. The second-order valence-electron chi connectivity index (χ2n) is 7.10. The van der Waals surface area contributed by atoms with Crippen LogP contribution in [0.5, 0.6) is 5.75 Å². The van der Waals surface area contributed by atoms with Crippen molar-refractivity contribution in [2.45, 2.75) is 50.3 Å². The van der Waals surface area contributed by atoms with Gasteiger partial charge in [-0.3, -0.25) is 4.90 Å². The molecule has 22 heavy (non-hydrogen) atoms. The van der Waals surface area contributed by atoms with Crippen LogP contribution in [0, 0.1) is 0 Å². The Morgan fingerprint density at radius 2 is 2.09 bits per heavy atom. The minimum atomic E-state index is 0.118. The van der Waals surface area contributed by atoms with Crippen LogP contribution in [0.3, 0.4) is 0 Å². The summed E-state index contributed by atoms with van der Waals surface area (Å²) in [7, 11) is 0. The van der Waals surface area contributed by atoms with Crippen molar-refractivity contribution in [3.05, 3.63) is 29.3 Å². The van der Waals surface area contributed by atoms with Gasteiger partial charge in [-0.25, -0.2) is 0 Å². The molecule has 2 fully saturated rings. The van der Waals surface area contributed by atoms with Gasteiger partial charge in [0, 0.05) is 25.7 Å². The second kappa shape index (κ2) is 5.84. The minimum absolute atomic E-state index is 0.118. The predicted octanol–water partition coefficient (Wildman–Crippen LogP) is 2.05. The average molecular weight is 302 g/mol. The summed E-state index contributed by atoms with van der Waals surface area (Å²) in [5.41, 5.74) is 2.82. The Bertz CT molecular complexity index is 534. The first-order valence-electron chi connectivity index (χ1n) is 8.64. The molecule has 4 nitrogen and oxygen atoms in total. The molecule has 4 rings (SSSR count). The molecule has 0 radical (unpaired) electrons. The molecule has 0 aromatic heterocycles. The lowest BCUT2D eigenvalue weighted by molar-refractivity contribution is -0.122. The van der Waals surface area contributed by atoms with E-state index in [1.165, 1.54) is 17.5 Å². The molecule has 0 amide bonds. The van der Waals surface area contributed by atoms with Crippen LogP contribution in [0.15, 0.2) is 18.2 Å². The molecule has 3 aliphatic rings. The van der Waals surface area contributed by atoms with Gasteiger partial charge in [0.25, 0.3) is 0 Å². The van der Waals surface area contributed by atoms with Crippen LogP contribution in [0.4, 0.5) is 0 Å². The third kappa shape index (κ3) is 2.75. The fourth-order valence-electron chi connectivity index (χ4n) is 4.42. The summed E-state index contributed by atoms with van der Waals surface area (Å²) < 4.78 is 6.21. The Morgan fingerprint density at radius 1 is 1.23 bits per heavy atom. The zero-order chi connectivity index (χ0) is 15.0. The van der Waals surface area contributed by atoms with Crippen LogP contribution >= 0.6 is 0 Å². The van der Waals surface area contributed by atoms with E-state index in [-0.39, 0.29) is 5.60 Å². The van der Waals surface area contributed by atoms with E-state index in [1.54, 1.807) is 0 Å². The van der Waals surface area contributed by atoms with E-state index >= 15 is 0 Å². The summed E-state index contributed by atoms with van der Waals surface area (Å²) in [6, 6.07) is 6.47. The van der Waals surface area contributed by atoms with E-state index in [2.05, 4.69) is 16.3 Å². The number of nitrogens with one attached hydrogen (secondary N) is 1. The molecule has 3 aliphatic heterocycles. The molecule has 0 saturated carbocycles. The maximum absolute atomic E-state index is 9.74. The number of benzene rings is 1. The van der Waals surface area contributed by atoms with Gasteiger partial charge in [0.1, 0.15) is 5.75 Å². The molecule has 1 spiro atoms. The molecule has 1 atom stereocenters. The lowest BCUT2D eigenvalue weighted by Gasteiger charge is -2.47. The van der Waals surface area contributed by atoms with Crippen LogP contribution in [0.1, 0.15) is 36.8 Å². The van der Waals surface area contributed by atoms with Gasteiger partial charge in [-0.1, -0.05) is 6.07 Å². The zero-order valence-electron chi connectivity index (χ0n) is 13.2. The number of nitrogens with zero attached hydrogens (tertiary/aromatic N) is 1. The molecule has 1 aromatic carbocycles. The number of phenols is 1. The van der Waals surface area contributed by atoms with E-state index in [1.807, 2.05) is 12.1 Å². The predicted molar refractivity (Wildman–Crippen MR) is 86.0 cm³/mol.